The van der Waals surface area contributed by atoms with E-state index in [0.29, 0.717) is 12.1 Å². The van der Waals surface area contributed by atoms with Crippen molar-refractivity contribution in [3.63, 3.8) is 0 Å². The molecular weight excluding hydrogens is 372 g/mol. The molecule has 1 atom stereocenters. The molecule has 1 aliphatic rings. The van der Waals surface area contributed by atoms with Crippen molar-refractivity contribution in [2.75, 3.05) is 6.54 Å². The van der Waals surface area contributed by atoms with Gasteiger partial charge in [0.25, 0.3) is 0 Å². The molecule has 1 aromatic rings. The van der Waals surface area contributed by atoms with Crippen molar-refractivity contribution in [3.05, 3.63) is 47.8 Å². The summed E-state index contributed by atoms with van der Waals surface area (Å²) in [6.45, 7) is 0.851. The lowest BCUT2D eigenvalue weighted by molar-refractivity contribution is 0.226. The number of hydrogen-bond acceptors (Lipinski definition) is 7. The number of benzene rings is 1. The van der Waals surface area contributed by atoms with Crippen LogP contribution in [0.15, 0.2) is 46.4 Å². The van der Waals surface area contributed by atoms with Crippen molar-refractivity contribution in [1.29, 1.82) is 0 Å². The molecule has 0 saturated heterocycles. The summed E-state index contributed by atoms with van der Waals surface area (Å²) in [4.78, 5) is 26.9. The van der Waals surface area contributed by atoms with Gasteiger partial charge in [0.05, 0.1) is 0 Å². The van der Waals surface area contributed by atoms with Crippen LogP contribution in [-0.4, -0.2) is 34.7 Å². The number of unbranched alkanes of at least 4 members (excludes halogenated alkanes) is 8. The van der Waals surface area contributed by atoms with Crippen molar-refractivity contribution in [3.8, 4) is 0 Å². The second-order valence-electron chi connectivity index (χ2n) is 7.40. The zero-order valence-electron chi connectivity index (χ0n) is 16.5. The normalized spacial score (nSPS) is 18.0. The minimum absolute atomic E-state index is 0.0373. The predicted octanol–water partition coefficient (Wildman–Crippen LogP) is 3.44. The van der Waals surface area contributed by atoms with Crippen LogP contribution in [0.1, 0.15) is 69.4 Å². The van der Waals surface area contributed by atoms with E-state index in [1.165, 1.54) is 19.3 Å². The first-order valence-electron chi connectivity index (χ1n) is 10.2. The van der Waals surface area contributed by atoms with Gasteiger partial charge in [-0.15, -0.1) is 0 Å². The fraction of sp³-hybridized carbons (Fsp3) is 0.600. The van der Waals surface area contributed by atoms with Crippen molar-refractivity contribution in [1.82, 2.24) is 5.01 Å². The Morgan fingerprint density at radius 1 is 0.893 bits per heavy atom. The largest absolute Gasteiger partial charge is 0.492 e. The Hall–Kier alpha value is -1.83. The highest BCUT2D eigenvalue weighted by atomic mass is 28.4. The van der Waals surface area contributed by atoms with Gasteiger partial charge in [0.1, 0.15) is 0 Å². The Kier molecular flexibility index (Phi) is 9.53. The zero-order valence-corrected chi connectivity index (χ0v) is 17.5. The molecule has 0 bridgehead atoms. The lowest BCUT2D eigenvalue weighted by Gasteiger charge is -2.19. The zero-order chi connectivity index (χ0) is 20.2. The van der Waals surface area contributed by atoms with E-state index in [2.05, 4.69) is 28.7 Å². The average molecular weight is 406 g/mol. The third-order valence-electron chi connectivity index (χ3n) is 4.99. The van der Waals surface area contributed by atoms with E-state index < -0.39 is 8.80 Å². The summed E-state index contributed by atoms with van der Waals surface area (Å²) in [6, 6.07) is 10.3. The first-order chi connectivity index (χ1) is 13.5. The predicted molar refractivity (Wildman–Crippen MR) is 110 cm³/mol. The summed E-state index contributed by atoms with van der Waals surface area (Å²) in [5, 5.41) is 10.4. The molecule has 1 heterocycles. The standard InChI is InChI=1S/C20H33N4O3Si/c21-17-19-20(18-13-9-8-10-14-18)24(23-22-19)15-11-6-4-2-1-3-5-7-12-16-28(25,26)27/h8-10,13-14,20,25-27H,1-7,11-12,15-16,21H2/q+1. The molecule has 1 unspecified atom stereocenters. The van der Waals surface area contributed by atoms with Crippen LogP contribution in [0, 0.1) is 6.20 Å². The lowest BCUT2D eigenvalue weighted by Crippen LogP contribution is -2.33. The van der Waals surface area contributed by atoms with Crippen LogP contribution < -0.4 is 5.73 Å². The van der Waals surface area contributed by atoms with E-state index in [-0.39, 0.29) is 12.1 Å². The Morgan fingerprint density at radius 3 is 2.04 bits per heavy atom. The van der Waals surface area contributed by atoms with Crippen LogP contribution in [0.4, 0.5) is 0 Å². The van der Waals surface area contributed by atoms with E-state index in [4.69, 9.17) is 20.1 Å². The minimum Gasteiger partial charge on any atom is -0.390 e. The van der Waals surface area contributed by atoms with Gasteiger partial charge in [-0.3, -0.25) is 5.01 Å². The summed E-state index contributed by atoms with van der Waals surface area (Å²) in [7, 11) is -3.82. The molecule has 154 valence electrons. The number of hydrogen-bond donors (Lipinski definition) is 4. The second kappa shape index (κ2) is 11.9. The van der Waals surface area contributed by atoms with Crippen LogP contribution in [0.3, 0.4) is 0 Å². The molecule has 28 heavy (non-hydrogen) atoms. The SMILES string of the molecule is N[C+]=C1N=NN(CCCCCCCCCCC[Si](O)(O)O)C1c1ccccc1. The molecule has 0 aromatic heterocycles. The Bertz CT molecular complexity index is 620. The molecule has 1 aliphatic heterocycles. The van der Waals surface area contributed by atoms with Gasteiger partial charge in [-0.2, -0.15) is 5.73 Å². The molecule has 0 radical (unpaired) electrons. The van der Waals surface area contributed by atoms with Crippen LogP contribution in [0.25, 0.3) is 0 Å². The summed E-state index contributed by atoms with van der Waals surface area (Å²) >= 11 is 0. The maximum Gasteiger partial charge on any atom is 0.492 e. The van der Waals surface area contributed by atoms with E-state index in [1.54, 1.807) is 0 Å². The van der Waals surface area contributed by atoms with Gasteiger partial charge in [0.2, 0.25) is 0 Å². The molecule has 0 aliphatic carbocycles. The fourth-order valence-corrected chi connectivity index (χ4v) is 4.20. The van der Waals surface area contributed by atoms with E-state index in [0.717, 1.165) is 44.2 Å². The summed E-state index contributed by atoms with van der Waals surface area (Å²) in [6.07, 6.45) is 12.4. The molecule has 8 heteroatoms. The molecule has 0 amide bonds. The molecule has 7 nitrogen and oxygen atoms in total. The van der Waals surface area contributed by atoms with Gasteiger partial charge in [-0.05, 0) is 18.4 Å². The van der Waals surface area contributed by atoms with E-state index in [9.17, 15) is 0 Å². The van der Waals surface area contributed by atoms with Gasteiger partial charge < -0.3 is 14.4 Å². The molecular formula is C20H33N4O3Si+. The van der Waals surface area contributed by atoms with Crippen molar-refractivity contribution in [2.24, 2.45) is 16.1 Å². The van der Waals surface area contributed by atoms with Gasteiger partial charge in [0, 0.05) is 12.6 Å². The molecule has 0 spiro atoms. The average Bonchev–Trinajstić information content (AvgIpc) is 3.09. The number of nitrogens with zero attached hydrogens (tertiary/aromatic N) is 3. The maximum absolute atomic E-state index is 8.95. The highest BCUT2D eigenvalue weighted by Crippen LogP contribution is 2.34. The Balaban J connectivity index is 1.55. The van der Waals surface area contributed by atoms with E-state index >= 15 is 0 Å². The second-order valence-corrected chi connectivity index (χ2v) is 9.45. The number of rotatable bonds is 13. The highest BCUT2D eigenvalue weighted by molar-refractivity contribution is 6.56. The van der Waals surface area contributed by atoms with Crippen molar-refractivity contribution >= 4 is 8.80 Å². The molecule has 0 saturated carbocycles. The third kappa shape index (κ3) is 8.04. The Morgan fingerprint density at radius 2 is 1.46 bits per heavy atom. The number of nitrogens with two attached hydrogens (primary N) is 1. The maximum atomic E-state index is 8.95. The van der Waals surface area contributed by atoms with Crippen molar-refractivity contribution in [2.45, 2.75) is 69.9 Å². The van der Waals surface area contributed by atoms with Crippen LogP contribution in [-0.2, 0) is 0 Å². The highest BCUT2D eigenvalue weighted by Gasteiger charge is 2.36. The Labute approximate surface area is 168 Å². The smallest absolute Gasteiger partial charge is 0.390 e. The summed E-state index contributed by atoms with van der Waals surface area (Å²) in [5.41, 5.74) is 7.40. The minimum atomic E-state index is -3.82. The van der Waals surface area contributed by atoms with Crippen LogP contribution in [0.2, 0.25) is 6.04 Å². The van der Waals surface area contributed by atoms with Crippen LogP contribution in [0.5, 0.6) is 0 Å². The topological polar surface area (TPSA) is 115 Å². The van der Waals surface area contributed by atoms with Crippen molar-refractivity contribution < 1.29 is 14.4 Å². The fourth-order valence-electron chi connectivity index (χ4n) is 3.47. The first kappa shape index (κ1) is 22.5. The summed E-state index contributed by atoms with van der Waals surface area (Å²) < 4.78 is 0. The molecule has 0 fully saturated rings. The quantitative estimate of drug-likeness (QED) is 0.174. The monoisotopic (exact) mass is 405 g/mol. The van der Waals surface area contributed by atoms with Gasteiger partial charge >= 0.3 is 20.7 Å². The van der Waals surface area contributed by atoms with Gasteiger partial charge in [-0.1, -0.05) is 85.6 Å². The molecule has 2 rings (SSSR count). The molecule has 1 aromatic carbocycles. The molecule has 5 N–H and O–H groups in total. The van der Waals surface area contributed by atoms with Gasteiger partial charge in [-0.25, -0.2) is 0 Å². The third-order valence-corrected chi connectivity index (χ3v) is 6.01. The first-order valence-corrected chi connectivity index (χ1v) is 12.3. The van der Waals surface area contributed by atoms with E-state index in [1.807, 2.05) is 23.2 Å². The van der Waals surface area contributed by atoms with Gasteiger partial charge in [0.15, 0.2) is 6.04 Å². The van der Waals surface area contributed by atoms with Crippen LogP contribution >= 0.6 is 0 Å². The summed E-state index contributed by atoms with van der Waals surface area (Å²) in [5.74, 6) is 0. The lowest BCUT2D eigenvalue weighted by atomic mass is 10.0.